The number of sulfonamides is 1. The number of nitrogens with two attached hydrogens (primary N) is 2. The van der Waals surface area contributed by atoms with Gasteiger partial charge in [0.15, 0.2) is 22.5 Å². The fraction of sp³-hybridized carbons (Fsp3) is 0.438. The van der Waals surface area contributed by atoms with E-state index in [0.29, 0.717) is 69.9 Å². The Hall–Kier alpha value is -4.48. The van der Waals surface area contributed by atoms with Gasteiger partial charge < -0.3 is 26.6 Å². The molecule has 0 unspecified atom stereocenters. The number of nitrogens with one attached hydrogen (secondary N) is 1. The highest BCUT2D eigenvalue weighted by Crippen LogP contribution is 2.36. The van der Waals surface area contributed by atoms with Gasteiger partial charge in [0, 0.05) is 69.9 Å². The van der Waals surface area contributed by atoms with Crippen LogP contribution in [0, 0.1) is 0 Å². The summed E-state index contributed by atoms with van der Waals surface area (Å²) in [5.74, 6) is -3.13. The van der Waals surface area contributed by atoms with Gasteiger partial charge in [0.25, 0.3) is 17.7 Å². The van der Waals surface area contributed by atoms with Crippen molar-refractivity contribution in [3.05, 3.63) is 64.6 Å². The molecule has 1 aromatic carbocycles. The molecule has 14 nitrogen and oxygen atoms in total. The van der Waals surface area contributed by atoms with E-state index in [4.69, 9.17) is 28.1 Å². The average molecular weight is 731 g/mol. The Morgan fingerprint density at radius 3 is 2.44 bits per heavy atom. The quantitative estimate of drug-likeness (QED) is 0.339. The number of hydrogen-bond donors (Lipinski definition) is 3. The van der Waals surface area contributed by atoms with Crippen molar-refractivity contribution in [2.24, 2.45) is 4.99 Å². The van der Waals surface area contributed by atoms with Crippen LogP contribution in [0.4, 0.5) is 26.2 Å². The molecule has 5 heterocycles. The summed E-state index contributed by atoms with van der Waals surface area (Å²) in [5.41, 5.74) is 10.9. The third-order valence-electron chi connectivity index (χ3n) is 9.31. The number of alkyl halides is 2. The normalized spacial score (nSPS) is 18.5. The molecule has 266 valence electrons. The van der Waals surface area contributed by atoms with Gasteiger partial charge in [0.05, 0.1) is 10.4 Å². The van der Waals surface area contributed by atoms with E-state index >= 15 is 0 Å². The van der Waals surface area contributed by atoms with Crippen LogP contribution in [0.5, 0.6) is 0 Å². The Kier molecular flexibility index (Phi) is 9.67. The topological polar surface area (TPSA) is 193 Å². The predicted octanol–water partition coefficient (Wildman–Crippen LogP) is 3.30. The van der Waals surface area contributed by atoms with Gasteiger partial charge in [-0.05, 0) is 56.0 Å². The standard InChI is InChI=1S/C32H37ClF2N10O4S/c1-31(34,35)21-6-7-24(38-19-21)43-12-3-13-45(17-16-43)50(48,49)22-5-2-4-20(18-22)30(47)44-14-10-32(11-15-44)9-8-23(42-32)39-29(46)25-27(36)41-28(37)26(33)40-25/h2,4-7,18-19H,3,8-17H2,1H3,(H4,36,37,41)(H,39,42,46). The fourth-order valence-electron chi connectivity index (χ4n) is 6.44. The van der Waals surface area contributed by atoms with Crippen molar-refractivity contribution in [1.82, 2.24) is 29.5 Å². The molecule has 1 spiro atoms. The number of amides is 2. The maximum Gasteiger partial charge on any atom is 0.279 e. The van der Waals surface area contributed by atoms with E-state index < -0.39 is 27.4 Å². The third-order valence-corrected chi connectivity index (χ3v) is 11.5. The first-order valence-corrected chi connectivity index (χ1v) is 17.9. The molecule has 5 N–H and O–H groups in total. The Morgan fingerprint density at radius 2 is 1.74 bits per heavy atom. The van der Waals surface area contributed by atoms with Gasteiger partial charge in [-0.3, -0.25) is 14.6 Å². The molecule has 18 heteroatoms. The number of rotatable bonds is 6. The summed E-state index contributed by atoms with van der Waals surface area (Å²) in [7, 11) is -3.93. The van der Waals surface area contributed by atoms with Crippen molar-refractivity contribution in [3.63, 3.8) is 0 Å². The molecule has 2 fully saturated rings. The SMILES string of the molecule is CC(F)(F)c1ccc(N2CCCN(S(=O)(=O)c3cccc(C(=O)N4CCC5(CCC(NC(=O)c6nc(Cl)c(N)nc6N)=N5)CC4)c3)CC2)nc1. The number of amidine groups is 1. The summed E-state index contributed by atoms with van der Waals surface area (Å²) in [5, 5.41) is 2.61. The van der Waals surface area contributed by atoms with Gasteiger partial charge in [0.1, 0.15) is 11.7 Å². The summed E-state index contributed by atoms with van der Waals surface area (Å²) in [6.07, 6.45) is 3.98. The number of aromatic nitrogens is 3. The van der Waals surface area contributed by atoms with Gasteiger partial charge in [-0.1, -0.05) is 17.7 Å². The monoisotopic (exact) mass is 730 g/mol. The molecule has 0 saturated carbocycles. The number of aliphatic imine (C=N–C) groups is 1. The highest BCUT2D eigenvalue weighted by atomic mass is 35.5. The Bertz CT molecular complexity index is 1930. The second-order valence-electron chi connectivity index (χ2n) is 12.7. The summed E-state index contributed by atoms with van der Waals surface area (Å²) < 4.78 is 56.1. The summed E-state index contributed by atoms with van der Waals surface area (Å²) >= 11 is 5.91. The zero-order chi connectivity index (χ0) is 35.8. The number of piperidine rings is 1. The lowest BCUT2D eigenvalue weighted by Crippen LogP contribution is -2.45. The Balaban J connectivity index is 1.06. The zero-order valence-electron chi connectivity index (χ0n) is 27.3. The van der Waals surface area contributed by atoms with Crippen molar-refractivity contribution in [1.29, 1.82) is 0 Å². The van der Waals surface area contributed by atoms with Crippen LogP contribution in [-0.2, 0) is 15.9 Å². The van der Waals surface area contributed by atoms with E-state index in [1.165, 1.54) is 28.6 Å². The molecule has 50 heavy (non-hydrogen) atoms. The number of carbonyl (C=O) groups excluding carboxylic acids is 2. The van der Waals surface area contributed by atoms with Gasteiger partial charge >= 0.3 is 0 Å². The zero-order valence-corrected chi connectivity index (χ0v) is 28.9. The van der Waals surface area contributed by atoms with E-state index in [1.54, 1.807) is 17.0 Å². The van der Waals surface area contributed by atoms with Crippen LogP contribution < -0.4 is 21.7 Å². The number of nitrogen functional groups attached to an aromatic ring is 2. The van der Waals surface area contributed by atoms with E-state index in [2.05, 4.69) is 20.3 Å². The molecule has 3 aliphatic rings. The number of pyridine rings is 1. The third kappa shape index (κ3) is 7.34. The Morgan fingerprint density at radius 1 is 0.980 bits per heavy atom. The molecular formula is C32H37ClF2N10O4S. The van der Waals surface area contributed by atoms with Crippen LogP contribution in [0.15, 0.2) is 52.5 Å². The second kappa shape index (κ2) is 13.7. The molecule has 0 radical (unpaired) electrons. The second-order valence-corrected chi connectivity index (χ2v) is 15.0. The van der Waals surface area contributed by atoms with Crippen molar-refractivity contribution in [2.75, 3.05) is 55.6 Å². The van der Waals surface area contributed by atoms with E-state index in [0.717, 1.165) is 13.1 Å². The van der Waals surface area contributed by atoms with Crippen molar-refractivity contribution < 1.29 is 26.8 Å². The number of likely N-dealkylation sites (tertiary alicyclic amines) is 1. The maximum atomic E-state index is 13.7. The summed E-state index contributed by atoms with van der Waals surface area (Å²) in [6.45, 7) is 2.87. The van der Waals surface area contributed by atoms with Crippen LogP contribution in [-0.4, -0.2) is 95.0 Å². The van der Waals surface area contributed by atoms with E-state index in [1.807, 2.05) is 4.90 Å². The van der Waals surface area contributed by atoms with Gasteiger partial charge in [-0.15, -0.1) is 0 Å². The molecule has 0 bridgehead atoms. The number of hydrogen-bond acceptors (Lipinski definition) is 11. The molecule has 6 rings (SSSR count). The first-order valence-electron chi connectivity index (χ1n) is 16.1. The van der Waals surface area contributed by atoms with Gasteiger partial charge in [0.2, 0.25) is 10.0 Å². The number of anilines is 3. The van der Waals surface area contributed by atoms with Gasteiger partial charge in [-0.2, -0.15) is 4.31 Å². The highest BCUT2D eigenvalue weighted by molar-refractivity contribution is 7.89. The van der Waals surface area contributed by atoms with E-state index in [-0.39, 0.29) is 57.5 Å². The van der Waals surface area contributed by atoms with Crippen LogP contribution in [0.25, 0.3) is 0 Å². The van der Waals surface area contributed by atoms with Crippen molar-refractivity contribution in [3.8, 4) is 0 Å². The minimum Gasteiger partial charge on any atom is -0.382 e. The summed E-state index contributed by atoms with van der Waals surface area (Å²) in [4.78, 5) is 46.7. The van der Waals surface area contributed by atoms with Crippen molar-refractivity contribution >= 4 is 56.7 Å². The minimum absolute atomic E-state index is 0.0198. The Labute approximate surface area is 293 Å². The van der Waals surface area contributed by atoms with Crippen LogP contribution in [0.2, 0.25) is 5.15 Å². The van der Waals surface area contributed by atoms with Gasteiger partial charge in [-0.25, -0.2) is 32.2 Å². The van der Waals surface area contributed by atoms with E-state index in [9.17, 15) is 26.8 Å². The summed E-state index contributed by atoms with van der Waals surface area (Å²) in [6, 6.07) is 8.91. The number of halogens is 3. The molecule has 2 aromatic heterocycles. The number of benzene rings is 1. The van der Waals surface area contributed by atoms with Crippen LogP contribution in [0.1, 0.15) is 65.4 Å². The number of nitrogens with zero attached hydrogens (tertiary/aromatic N) is 7. The lowest BCUT2D eigenvalue weighted by molar-refractivity contribution is 0.0171. The molecule has 2 amide bonds. The first-order chi connectivity index (χ1) is 23.6. The smallest absolute Gasteiger partial charge is 0.279 e. The highest BCUT2D eigenvalue weighted by Gasteiger charge is 2.40. The molecule has 3 aliphatic heterocycles. The first kappa shape index (κ1) is 35.3. The molecular weight excluding hydrogens is 694 g/mol. The average Bonchev–Trinajstić information content (AvgIpc) is 3.29. The van der Waals surface area contributed by atoms with Crippen LogP contribution >= 0.6 is 11.6 Å². The van der Waals surface area contributed by atoms with Crippen LogP contribution in [0.3, 0.4) is 0 Å². The lowest BCUT2D eigenvalue weighted by atomic mass is 9.86. The minimum atomic E-state index is -3.93. The van der Waals surface area contributed by atoms with Crippen molar-refractivity contribution in [2.45, 2.75) is 55.4 Å². The molecule has 3 aromatic rings. The number of carbonyl (C=O) groups is 2. The largest absolute Gasteiger partial charge is 0.382 e. The predicted molar refractivity (Wildman–Crippen MR) is 184 cm³/mol. The fourth-order valence-corrected chi connectivity index (χ4v) is 8.09. The molecule has 0 atom stereocenters. The maximum absolute atomic E-state index is 13.7. The lowest BCUT2D eigenvalue weighted by Gasteiger charge is -2.37. The molecule has 2 saturated heterocycles. The molecule has 0 aliphatic carbocycles.